The van der Waals surface area contributed by atoms with Gasteiger partial charge in [-0.15, -0.1) is 10.2 Å². The van der Waals surface area contributed by atoms with Crippen LogP contribution in [-0.4, -0.2) is 45.7 Å². The number of anilines is 1. The number of rotatable bonds is 5. The molecule has 0 fully saturated rings. The summed E-state index contributed by atoms with van der Waals surface area (Å²) in [5.41, 5.74) is 6.86. The normalized spacial score (nSPS) is 11.4. The van der Waals surface area contributed by atoms with E-state index in [1.165, 1.54) is 20.4 Å². The molecule has 28 heavy (non-hydrogen) atoms. The molecule has 0 unspecified atom stereocenters. The van der Waals surface area contributed by atoms with Gasteiger partial charge in [0.2, 0.25) is 5.75 Å². The summed E-state index contributed by atoms with van der Waals surface area (Å²) in [5, 5.41) is 23.4. The van der Waals surface area contributed by atoms with E-state index in [1.807, 2.05) is 25.1 Å². The van der Waals surface area contributed by atoms with Crippen molar-refractivity contribution in [3.63, 3.8) is 0 Å². The second-order valence-corrected chi connectivity index (χ2v) is 6.10. The molecule has 142 valence electrons. The first-order valence-corrected chi connectivity index (χ1v) is 8.46. The van der Waals surface area contributed by atoms with Crippen LogP contribution in [0.4, 0.5) is 5.95 Å². The van der Waals surface area contributed by atoms with Crippen molar-refractivity contribution in [3.8, 4) is 17.2 Å². The number of aromatic amines is 1. The second-order valence-electron chi connectivity index (χ2n) is 6.10. The van der Waals surface area contributed by atoms with Gasteiger partial charge in [0, 0.05) is 10.9 Å². The molecule has 2 aromatic carbocycles. The number of ether oxygens (including phenoxy) is 2. The summed E-state index contributed by atoms with van der Waals surface area (Å²) >= 11 is 0. The van der Waals surface area contributed by atoms with E-state index in [-0.39, 0.29) is 23.2 Å². The molecule has 2 aromatic heterocycles. The van der Waals surface area contributed by atoms with Crippen LogP contribution in [0.15, 0.2) is 35.4 Å². The summed E-state index contributed by atoms with van der Waals surface area (Å²) < 4.78 is 10.3. The van der Waals surface area contributed by atoms with Gasteiger partial charge in [-0.05, 0) is 24.6 Å². The number of aryl methyl sites for hydroxylation is 1. The van der Waals surface area contributed by atoms with E-state index in [9.17, 15) is 5.11 Å². The molecule has 0 aliphatic rings. The quantitative estimate of drug-likeness (QED) is 0.361. The number of nitrogens with zero attached hydrogens (tertiary/aromatic N) is 4. The van der Waals surface area contributed by atoms with E-state index < -0.39 is 0 Å². The molecule has 9 nitrogen and oxygen atoms in total. The van der Waals surface area contributed by atoms with Gasteiger partial charge in [0.25, 0.3) is 5.95 Å². The third-order valence-electron chi connectivity index (χ3n) is 4.34. The number of H-pyrrole nitrogens is 1. The average Bonchev–Trinajstić information content (AvgIpc) is 3.08. The smallest absolute Gasteiger partial charge is 0.265 e. The van der Waals surface area contributed by atoms with Crippen molar-refractivity contribution in [2.24, 2.45) is 5.10 Å². The lowest BCUT2D eigenvalue weighted by Gasteiger charge is -2.09. The Morgan fingerprint density at radius 2 is 1.89 bits per heavy atom. The molecular formula is C19H18N6O3. The molecule has 0 bridgehead atoms. The van der Waals surface area contributed by atoms with E-state index in [4.69, 9.17) is 9.47 Å². The number of hydrogen-bond acceptors (Lipinski definition) is 8. The summed E-state index contributed by atoms with van der Waals surface area (Å²) in [4.78, 5) is 7.69. The van der Waals surface area contributed by atoms with E-state index in [0.29, 0.717) is 16.7 Å². The molecule has 0 amide bonds. The van der Waals surface area contributed by atoms with E-state index in [0.717, 1.165) is 16.5 Å². The van der Waals surface area contributed by atoms with Crippen LogP contribution in [0.5, 0.6) is 17.2 Å². The highest BCUT2D eigenvalue weighted by molar-refractivity contribution is 6.04. The molecule has 0 saturated heterocycles. The van der Waals surface area contributed by atoms with Gasteiger partial charge in [-0.1, -0.05) is 18.2 Å². The minimum absolute atomic E-state index is 0.0674. The monoisotopic (exact) mass is 378 g/mol. The Balaban J connectivity index is 1.60. The minimum Gasteiger partial charge on any atom is -0.502 e. The Labute approximate surface area is 160 Å². The highest BCUT2D eigenvalue weighted by atomic mass is 16.5. The van der Waals surface area contributed by atoms with Crippen LogP contribution in [0, 0.1) is 6.92 Å². The maximum absolute atomic E-state index is 9.95. The minimum atomic E-state index is -0.0674. The number of aromatic hydroxyl groups is 1. The van der Waals surface area contributed by atoms with Gasteiger partial charge in [-0.2, -0.15) is 10.1 Å². The number of hydrogen-bond donors (Lipinski definition) is 3. The molecule has 0 aliphatic heterocycles. The van der Waals surface area contributed by atoms with Crippen LogP contribution >= 0.6 is 0 Å². The Morgan fingerprint density at radius 3 is 2.61 bits per heavy atom. The molecule has 0 radical (unpaired) electrons. The molecule has 0 saturated carbocycles. The fourth-order valence-electron chi connectivity index (χ4n) is 2.94. The molecule has 4 rings (SSSR count). The lowest BCUT2D eigenvalue weighted by molar-refractivity contribution is 0.340. The highest BCUT2D eigenvalue weighted by Gasteiger charge is 2.11. The topological polar surface area (TPSA) is 118 Å². The fraction of sp³-hybridized carbons (Fsp3) is 0.158. The van der Waals surface area contributed by atoms with Crippen molar-refractivity contribution in [2.75, 3.05) is 19.6 Å². The number of benzene rings is 2. The zero-order valence-corrected chi connectivity index (χ0v) is 15.5. The number of para-hydroxylation sites is 1. The zero-order valence-electron chi connectivity index (χ0n) is 15.5. The van der Waals surface area contributed by atoms with E-state index >= 15 is 0 Å². The number of nitrogens with one attached hydrogen (secondary N) is 2. The lowest BCUT2D eigenvalue weighted by atomic mass is 10.1. The van der Waals surface area contributed by atoms with Gasteiger partial charge in [0.15, 0.2) is 17.1 Å². The Morgan fingerprint density at radius 1 is 1.14 bits per heavy atom. The third kappa shape index (κ3) is 3.02. The van der Waals surface area contributed by atoms with Crippen molar-refractivity contribution in [1.82, 2.24) is 20.2 Å². The first-order chi connectivity index (χ1) is 13.6. The standard InChI is InChI=1S/C19H18N6O3/c1-10-5-4-6-12-15(10)21-18-16(12)23-25-19(22-18)24-20-9-11-7-13(27-2)17(26)14(8-11)28-3/h4-9,26H,1-3H3,(H2,21,22,24,25)/b20-9+. The van der Waals surface area contributed by atoms with Gasteiger partial charge < -0.3 is 19.6 Å². The van der Waals surface area contributed by atoms with Crippen LogP contribution in [0.1, 0.15) is 11.1 Å². The SMILES string of the molecule is COc1cc(/C=N/Nc2nnc3c(n2)[nH]c2c(C)cccc23)cc(OC)c1O. The maximum Gasteiger partial charge on any atom is 0.265 e. The van der Waals surface area contributed by atoms with Gasteiger partial charge in [0.05, 0.1) is 26.0 Å². The molecular weight excluding hydrogens is 360 g/mol. The molecule has 9 heteroatoms. The molecule has 0 aliphatic carbocycles. The van der Waals surface area contributed by atoms with Crippen LogP contribution in [0.25, 0.3) is 22.1 Å². The van der Waals surface area contributed by atoms with Crippen LogP contribution in [-0.2, 0) is 0 Å². The predicted octanol–water partition coefficient (Wildman–Crippen LogP) is 2.98. The van der Waals surface area contributed by atoms with Crippen LogP contribution in [0.3, 0.4) is 0 Å². The summed E-state index contributed by atoms with van der Waals surface area (Å²) in [7, 11) is 2.93. The average molecular weight is 378 g/mol. The van der Waals surface area contributed by atoms with E-state index in [2.05, 4.69) is 30.7 Å². The van der Waals surface area contributed by atoms with Gasteiger partial charge in [0.1, 0.15) is 5.52 Å². The summed E-state index contributed by atoms with van der Waals surface area (Å²) in [6.45, 7) is 2.02. The van der Waals surface area contributed by atoms with Crippen molar-refractivity contribution in [2.45, 2.75) is 6.92 Å². The van der Waals surface area contributed by atoms with E-state index in [1.54, 1.807) is 12.1 Å². The molecule has 0 spiro atoms. The first kappa shape index (κ1) is 17.5. The lowest BCUT2D eigenvalue weighted by Crippen LogP contribution is -1.99. The number of phenolic OH excluding ortho intramolecular Hbond substituents is 1. The van der Waals surface area contributed by atoms with Crippen LogP contribution in [0.2, 0.25) is 0 Å². The van der Waals surface area contributed by atoms with Gasteiger partial charge >= 0.3 is 0 Å². The third-order valence-corrected chi connectivity index (χ3v) is 4.34. The van der Waals surface area contributed by atoms with Crippen molar-refractivity contribution < 1.29 is 14.6 Å². The Bertz CT molecular complexity index is 1180. The summed E-state index contributed by atoms with van der Waals surface area (Å²) in [6.07, 6.45) is 1.54. The molecule has 2 heterocycles. The molecule has 0 atom stereocenters. The van der Waals surface area contributed by atoms with Gasteiger partial charge in [-0.25, -0.2) is 5.43 Å². The number of hydrazone groups is 1. The fourth-order valence-corrected chi connectivity index (χ4v) is 2.94. The Kier molecular flexibility index (Phi) is 4.40. The van der Waals surface area contributed by atoms with Crippen molar-refractivity contribution >= 4 is 34.2 Å². The Hall–Kier alpha value is -3.88. The number of phenols is 1. The molecule has 4 aromatic rings. The first-order valence-electron chi connectivity index (χ1n) is 8.46. The van der Waals surface area contributed by atoms with Gasteiger partial charge in [-0.3, -0.25) is 0 Å². The second kappa shape index (κ2) is 7.03. The molecule has 3 N–H and O–H groups in total. The van der Waals surface area contributed by atoms with Crippen molar-refractivity contribution in [1.29, 1.82) is 0 Å². The number of methoxy groups -OCH3 is 2. The number of aromatic nitrogens is 4. The highest BCUT2D eigenvalue weighted by Crippen LogP contribution is 2.36. The van der Waals surface area contributed by atoms with Crippen LogP contribution < -0.4 is 14.9 Å². The number of fused-ring (bicyclic) bond motifs is 3. The predicted molar refractivity (Wildman–Crippen MR) is 106 cm³/mol. The van der Waals surface area contributed by atoms with Crippen molar-refractivity contribution in [3.05, 3.63) is 41.5 Å². The summed E-state index contributed by atoms with van der Waals surface area (Å²) in [6, 6.07) is 9.24. The maximum atomic E-state index is 9.95. The zero-order chi connectivity index (χ0) is 19.7. The largest absolute Gasteiger partial charge is 0.502 e. The summed E-state index contributed by atoms with van der Waals surface area (Å²) in [5.74, 6) is 0.759.